The van der Waals surface area contributed by atoms with Crippen LogP contribution in [0.15, 0.2) is 31.0 Å². The van der Waals surface area contributed by atoms with Crippen molar-refractivity contribution in [2.24, 2.45) is 0 Å². The van der Waals surface area contributed by atoms with E-state index in [9.17, 15) is 10.1 Å². The van der Waals surface area contributed by atoms with Gasteiger partial charge >= 0.3 is 0 Å². The van der Waals surface area contributed by atoms with Crippen molar-refractivity contribution in [3.05, 3.63) is 46.8 Å². The summed E-state index contributed by atoms with van der Waals surface area (Å²) in [4.78, 5) is 17.5. The average Bonchev–Trinajstić information content (AvgIpc) is 2.58. The normalized spacial score (nSPS) is 11.1. The summed E-state index contributed by atoms with van der Waals surface area (Å²) < 4.78 is 1.72. The highest BCUT2D eigenvalue weighted by atomic mass is 16.6. The Hall–Kier alpha value is -2.24. The first-order valence-electron chi connectivity index (χ1n) is 3.86. The minimum Gasteiger partial charge on any atom is -0.297 e. The van der Waals surface area contributed by atoms with Crippen LogP contribution in [0.4, 0.5) is 0 Å². The van der Waals surface area contributed by atoms with E-state index >= 15 is 0 Å². The molecule has 2 aromatic rings. The Bertz CT molecular complexity index is 503. The molecule has 2 rings (SSSR count). The lowest BCUT2D eigenvalue weighted by Crippen LogP contribution is -1.88. The fourth-order valence-electron chi connectivity index (χ4n) is 1.12. The maximum Gasteiger partial charge on any atom is 0.236 e. The van der Waals surface area contributed by atoms with E-state index in [4.69, 9.17) is 0 Å². The number of aromatic nitrogens is 3. The van der Waals surface area contributed by atoms with Gasteiger partial charge in [-0.1, -0.05) is 0 Å². The first-order chi connectivity index (χ1) is 6.77. The number of fused-ring (bicyclic) bond motifs is 1. The molecule has 0 atom stereocenters. The van der Waals surface area contributed by atoms with Crippen LogP contribution in [0.3, 0.4) is 0 Å². The highest BCUT2D eigenvalue weighted by Gasteiger charge is 1.99. The standard InChI is InChI=1S/C8H6N4O2/c13-12(14)3-1-7-5-10-8-6-9-2-4-11(7)8/h1-6H/b3-1+. The molecule has 70 valence electrons. The quantitative estimate of drug-likeness (QED) is 0.522. The second kappa shape index (κ2) is 3.25. The van der Waals surface area contributed by atoms with Gasteiger partial charge in [0.05, 0.1) is 23.0 Å². The van der Waals surface area contributed by atoms with Crippen LogP contribution in [0.25, 0.3) is 11.7 Å². The number of imidazole rings is 1. The second-order valence-corrected chi connectivity index (χ2v) is 2.59. The van der Waals surface area contributed by atoms with E-state index in [0.29, 0.717) is 11.3 Å². The molecule has 0 N–H and O–H groups in total. The minimum absolute atomic E-state index is 0.513. The van der Waals surface area contributed by atoms with Crippen molar-refractivity contribution >= 4 is 11.7 Å². The molecule has 14 heavy (non-hydrogen) atoms. The maximum atomic E-state index is 10.1. The molecule has 2 aromatic heterocycles. The van der Waals surface area contributed by atoms with Gasteiger partial charge in [-0.05, 0) is 0 Å². The first kappa shape index (κ1) is 8.36. The van der Waals surface area contributed by atoms with Crippen molar-refractivity contribution in [2.75, 3.05) is 0 Å². The molecule has 0 saturated heterocycles. The average molecular weight is 190 g/mol. The summed E-state index contributed by atoms with van der Waals surface area (Å²) in [6.45, 7) is 0. The van der Waals surface area contributed by atoms with Crippen molar-refractivity contribution in [3.8, 4) is 0 Å². The largest absolute Gasteiger partial charge is 0.297 e. The van der Waals surface area contributed by atoms with Crippen LogP contribution in [0.2, 0.25) is 0 Å². The fraction of sp³-hybridized carbons (Fsp3) is 0. The summed E-state index contributed by atoms with van der Waals surface area (Å²) in [6.07, 6.45) is 8.70. The Morgan fingerprint density at radius 1 is 1.50 bits per heavy atom. The second-order valence-electron chi connectivity index (χ2n) is 2.59. The van der Waals surface area contributed by atoms with E-state index in [1.807, 2.05) is 0 Å². The van der Waals surface area contributed by atoms with Crippen molar-refractivity contribution in [3.63, 3.8) is 0 Å². The summed E-state index contributed by atoms with van der Waals surface area (Å²) >= 11 is 0. The van der Waals surface area contributed by atoms with E-state index in [2.05, 4.69) is 9.97 Å². The smallest absolute Gasteiger partial charge is 0.236 e. The van der Waals surface area contributed by atoms with Gasteiger partial charge in [-0.2, -0.15) is 0 Å². The van der Waals surface area contributed by atoms with Crippen LogP contribution in [0, 0.1) is 10.1 Å². The van der Waals surface area contributed by atoms with Gasteiger partial charge < -0.3 is 0 Å². The molecule has 6 heteroatoms. The molecule has 0 fully saturated rings. The molecular weight excluding hydrogens is 184 g/mol. The fourth-order valence-corrected chi connectivity index (χ4v) is 1.12. The number of nitro groups is 1. The maximum absolute atomic E-state index is 10.1. The van der Waals surface area contributed by atoms with Crippen LogP contribution >= 0.6 is 0 Å². The summed E-state index contributed by atoms with van der Waals surface area (Å²) in [5.41, 5.74) is 1.31. The Morgan fingerprint density at radius 2 is 2.36 bits per heavy atom. The third-order valence-electron chi connectivity index (χ3n) is 1.71. The molecule has 0 aliphatic carbocycles. The van der Waals surface area contributed by atoms with Gasteiger partial charge in [-0.3, -0.25) is 19.5 Å². The van der Waals surface area contributed by atoms with Gasteiger partial charge in [0.25, 0.3) is 0 Å². The molecule has 0 aliphatic heterocycles. The van der Waals surface area contributed by atoms with Crippen molar-refractivity contribution in [1.82, 2.24) is 14.4 Å². The Kier molecular flexibility index (Phi) is 1.94. The van der Waals surface area contributed by atoms with Crippen LogP contribution < -0.4 is 0 Å². The lowest BCUT2D eigenvalue weighted by atomic mass is 10.4. The monoisotopic (exact) mass is 190 g/mol. The Balaban J connectivity index is 2.48. The van der Waals surface area contributed by atoms with Gasteiger partial charge in [-0.25, -0.2) is 4.98 Å². The number of hydrogen-bond donors (Lipinski definition) is 0. The van der Waals surface area contributed by atoms with E-state index in [1.165, 1.54) is 6.08 Å². The summed E-state index contributed by atoms with van der Waals surface area (Å²) in [5.74, 6) is 0. The molecule has 0 amide bonds. The lowest BCUT2D eigenvalue weighted by molar-refractivity contribution is -0.401. The summed E-state index contributed by atoms with van der Waals surface area (Å²) in [7, 11) is 0. The summed E-state index contributed by atoms with van der Waals surface area (Å²) in [5, 5.41) is 10.1. The van der Waals surface area contributed by atoms with Gasteiger partial charge in [0.2, 0.25) is 6.20 Å². The van der Waals surface area contributed by atoms with Crippen molar-refractivity contribution < 1.29 is 4.92 Å². The Morgan fingerprint density at radius 3 is 3.14 bits per heavy atom. The van der Waals surface area contributed by atoms with Crippen LogP contribution in [0.1, 0.15) is 5.69 Å². The third kappa shape index (κ3) is 1.45. The van der Waals surface area contributed by atoms with E-state index < -0.39 is 4.92 Å². The molecule has 0 aliphatic rings. The zero-order chi connectivity index (χ0) is 9.97. The zero-order valence-electron chi connectivity index (χ0n) is 7.07. The predicted molar refractivity (Wildman–Crippen MR) is 49.0 cm³/mol. The number of rotatable bonds is 2. The molecule has 0 saturated carbocycles. The highest BCUT2D eigenvalue weighted by molar-refractivity contribution is 5.50. The predicted octanol–water partition coefficient (Wildman–Crippen LogP) is 0.977. The molecule has 0 bridgehead atoms. The zero-order valence-corrected chi connectivity index (χ0v) is 7.07. The topological polar surface area (TPSA) is 73.3 Å². The van der Waals surface area contributed by atoms with Crippen molar-refractivity contribution in [1.29, 1.82) is 0 Å². The molecule has 0 unspecified atom stereocenters. The van der Waals surface area contributed by atoms with Crippen LogP contribution in [-0.4, -0.2) is 19.3 Å². The number of nitrogens with zero attached hydrogens (tertiary/aromatic N) is 4. The van der Waals surface area contributed by atoms with E-state index in [1.54, 1.807) is 29.2 Å². The van der Waals surface area contributed by atoms with Gasteiger partial charge in [0, 0.05) is 18.5 Å². The van der Waals surface area contributed by atoms with Gasteiger partial charge in [0.15, 0.2) is 5.65 Å². The molecule has 0 radical (unpaired) electrons. The summed E-state index contributed by atoms with van der Waals surface area (Å²) in [6, 6.07) is 0. The van der Waals surface area contributed by atoms with Gasteiger partial charge in [-0.15, -0.1) is 0 Å². The van der Waals surface area contributed by atoms with Crippen LogP contribution in [0.5, 0.6) is 0 Å². The highest BCUT2D eigenvalue weighted by Crippen LogP contribution is 2.05. The first-order valence-corrected chi connectivity index (χ1v) is 3.86. The molecular formula is C8H6N4O2. The third-order valence-corrected chi connectivity index (χ3v) is 1.71. The molecule has 6 nitrogen and oxygen atoms in total. The molecule has 0 spiro atoms. The van der Waals surface area contributed by atoms with Crippen LogP contribution in [-0.2, 0) is 0 Å². The molecule has 2 heterocycles. The molecule has 0 aromatic carbocycles. The van der Waals surface area contributed by atoms with Crippen molar-refractivity contribution in [2.45, 2.75) is 0 Å². The Labute approximate surface area is 78.7 Å². The SMILES string of the molecule is O=[N+]([O-])/C=C/c1cnc2cnccn12. The van der Waals surface area contributed by atoms with E-state index in [-0.39, 0.29) is 0 Å². The van der Waals surface area contributed by atoms with Gasteiger partial charge in [0.1, 0.15) is 0 Å². The lowest BCUT2D eigenvalue weighted by Gasteiger charge is -1.92. The number of hydrogen-bond acceptors (Lipinski definition) is 4. The minimum atomic E-state index is -0.513. The van der Waals surface area contributed by atoms with E-state index in [0.717, 1.165) is 6.20 Å².